The highest BCUT2D eigenvalue weighted by Crippen LogP contribution is 2.45. The van der Waals surface area contributed by atoms with Crippen LogP contribution in [0.4, 0.5) is 4.79 Å². The zero-order valence-electron chi connectivity index (χ0n) is 12.6. The average molecular weight is 361 g/mol. The van der Waals surface area contributed by atoms with Crippen molar-refractivity contribution in [2.75, 3.05) is 7.05 Å². The molecule has 1 aromatic heterocycles. The van der Waals surface area contributed by atoms with Gasteiger partial charge in [0.25, 0.3) is 0 Å². The Bertz CT molecular complexity index is 506. The van der Waals surface area contributed by atoms with Crippen LogP contribution < -0.4 is 0 Å². The third-order valence-electron chi connectivity index (χ3n) is 3.19. The van der Waals surface area contributed by atoms with E-state index in [2.05, 4.69) is 20.9 Å². The summed E-state index contributed by atoms with van der Waals surface area (Å²) in [5.74, 6) is 0.629. The van der Waals surface area contributed by atoms with E-state index >= 15 is 0 Å². The summed E-state index contributed by atoms with van der Waals surface area (Å²) in [7, 11) is 1.77. The number of hydrogen-bond donors (Lipinski definition) is 0. The van der Waals surface area contributed by atoms with Crippen molar-refractivity contribution in [2.45, 2.75) is 58.1 Å². The van der Waals surface area contributed by atoms with Crippen LogP contribution in [0.2, 0.25) is 0 Å². The zero-order valence-corrected chi connectivity index (χ0v) is 15.0. The van der Waals surface area contributed by atoms with E-state index in [0.717, 1.165) is 9.48 Å². The van der Waals surface area contributed by atoms with Gasteiger partial charge in [-0.05, 0) is 56.5 Å². The van der Waals surface area contributed by atoms with Crippen molar-refractivity contribution in [2.24, 2.45) is 0 Å². The summed E-state index contributed by atoms with van der Waals surface area (Å²) >= 11 is 5.21. The molecule has 4 nitrogen and oxygen atoms in total. The molecular formula is C14H21BrN2O2S. The lowest BCUT2D eigenvalue weighted by atomic mass is 10.2. The first-order valence-corrected chi connectivity index (χ1v) is 8.42. The van der Waals surface area contributed by atoms with Crippen molar-refractivity contribution in [3.8, 4) is 0 Å². The molecule has 1 aromatic rings. The smallest absolute Gasteiger partial charge is 0.410 e. The third kappa shape index (κ3) is 3.73. The molecule has 0 saturated heterocycles. The second kappa shape index (κ2) is 5.64. The number of ether oxygens (including phenoxy) is 1. The van der Waals surface area contributed by atoms with Gasteiger partial charge in [-0.1, -0.05) is 0 Å². The molecule has 0 bridgehead atoms. The van der Waals surface area contributed by atoms with Gasteiger partial charge in [0, 0.05) is 13.0 Å². The Balaban J connectivity index is 2.09. The molecule has 1 heterocycles. The number of thiazole rings is 1. The summed E-state index contributed by atoms with van der Waals surface area (Å²) in [4.78, 5) is 19.4. The number of carbonyl (C=O) groups excluding carboxylic acids is 1. The van der Waals surface area contributed by atoms with Crippen LogP contribution in [0.1, 0.15) is 62.4 Å². The van der Waals surface area contributed by atoms with E-state index in [1.165, 1.54) is 17.8 Å². The van der Waals surface area contributed by atoms with Crippen molar-refractivity contribution in [1.29, 1.82) is 0 Å². The fraction of sp³-hybridized carbons (Fsp3) is 0.714. The van der Waals surface area contributed by atoms with Crippen LogP contribution in [0.15, 0.2) is 4.60 Å². The van der Waals surface area contributed by atoms with Crippen LogP contribution in [0.25, 0.3) is 0 Å². The minimum absolute atomic E-state index is 0.0516. The van der Waals surface area contributed by atoms with Crippen LogP contribution in [0.5, 0.6) is 0 Å². The number of halogens is 1. The van der Waals surface area contributed by atoms with Crippen molar-refractivity contribution in [1.82, 2.24) is 9.88 Å². The van der Waals surface area contributed by atoms with Gasteiger partial charge in [0.1, 0.15) is 10.2 Å². The Morgan fingerprint density at radius 3 is 2.60 bits per heavy atom. The summed E-state index contributed by atoms with van der Waals surface area (Å²) in [5.41, 5.74) is -0.477. The van der Waals surface area contributed by atoms with Gasteiger partial charge in [-0.2, -0.15) is 0 Å². The number of carbonyl (C=O) groups is 1. The Labute approximate surface area is 132 Å². The molecule has 20 heavy (non-hydrogen) atoms. The normalized spacial score (nSPS) is 16.9. The highest BCUT2D eigenvalue weighted by Gasteiger charge is 2.31. The van der Waals surface area contributed by atoms with Crippen LogP contribution in [-0.2, 0) is 4.74 Å². The van der Waals surface area contributed by atoms with E-state index in [-0.39, 0.29) is 12.1 Å². The topological polar surface area (TPSA) is 42.4 Å². The first-order chi connectivity index (χ1) is 9.19. The van der Waals surface area contributed by atoms with Crippen molar-refractivity contribution < 1.29 is 9.53 Å². The molecule has 0 spiro atoms. The molecular weight excluding hydrogens is 340 g/mol. The van der Waals surface area contributed by atoms with E-state index in [1.807, 2.05) is 27.7 Å². The molecule has 1 amide bonds. The van der Waals surface area contributed by atoms with Crippen molar-refractivity contribution >= 4 is 33.4 Å². The molecule has 1 unspecified atom stereocenters. The monoisotopic (exact) mass is 360 g/mol. The van der Waals surface area contributed by atoms with Gasteiger partial charge in [-0.15, -0.1) is 11.3 Å². The molecule has 1 fully saturated rings. The van der Waals surface area contributed by atoms with E-state index in [9.17, 15) is 4.79 Å². The van der Waals surface area contributed by atoms with Crippen molar-refractivity contribution in [3.05, 3.63) is 14.5 Å². The predicted octanol–water partition coefficient (Wildman–Crippen LogP) is 4.71. The van der Waals surface area contributed by atoms with E-state index in [1.54, 1.807) is 23.3 Å². The molecule has 1 aliphatic rings. The fourth-order valence-electron chi connectivity index (χ4n) is 1.76. The van der Waals surface area contributed by atoms with Gasteiger partial charge in [-0.25, -0.2) is 9.78 Å². The van der Waals surface area contributed by atoms with Crippen LogP contribution in [0.3, 0.4) is 0 Å². The molecule has 1 saturated carbocycles. The summed E-state index contributed by atoms with van der Waals surface area (Å²) in [6.07, 6.45) is 2.16. The van der Waals surface area contributed by atoms with Crippen LogP contribution in [0, 0.1) is 0 Å². The van der Waals surface area contributed by atoms with Gasteiger partial charge >= 0.3 is 6.09 Å². The summed E-state index contributed by atoms with van der Waals surface area (Å²) in [6.45, 7) is 7.62. The molecule has 112 valence electrons. The first-order valence-electron chi connectivity index (χ1n) is 6.81. The van der Waals surface area contributed by atoms with Crippen molar-refractivity contribution in [3.63, 3.8) is 0 Å². The zero-order chi connectivity index (χ0) is 15.1. The number of aromatic nitrogens is 1. The number of amides is 1. The predicted molar refractivity (Wildman–Crippen MR) is 84.2 cm³/mol. The Morgan fingerprint density at radius 1 is 1.50 bits per heavy atom. The van der Waals surface area contributed by atoms with Gasteiger partial charge in [0.05, 0.1) is 15.9 Å². The minimum atomic E-state index is -0.477. The lowest BCUT2D eigenvalue weighted by molar-refractivity contribution is 0.0236. The highest BCUT2D eigenvalue weighted by molar-refractivity contribution is 9.10. The summed E-state index contributed by atoms with van der Waals surface area (Å²) in [6, 6.07) is -0.0516. The molecule has 0 aromatic carbocycles. The second-order valence-electron chi connectivity index (χ2n) is 6.25. The number of rotatable bonds is 3. The van der Waals surface area contributed by atoms with E-state index in [0.29, 0.717) is 5.92 Å². The maximum atomic E-state index is 12.1. The lowest BCUT2D eigenvalue weighted by Gasteiger charge is -2.28. The minimum Gasteiger partial charge on any atom is -0.444 e. The molecule has 2 rings (SSSR count). The second-order valence-corrected chi connectivity index (χ2v) is 8.06. The maximum absolute atomic E-state index is 12.1. The lowest BCUT2D eigenvalue weighted by Crippen LogP contribution is -2.35. The summed E-state index contributed by atoms with van der Waals surface area (Å²) < 4.78 is 6.26. The van der Waals surface area contributed by atoms with Gasteiger partial charge in [0.2, 0.25) is 0 Å². The van der Waals surface area contributed by atoms with Gasteiger partial charge in [-0.3, -0.25) is 0 Å². The first kappa shape index (κ1) is 15.8. The third-order valence-corrected chi connectivity index (χ3v) is 5.45. The number of hydrogen-bond acceptors (Lipinski definition) is 4. The van der Waals surface area contributed by atoms with Crippen LogP contribution in [-0.4, -0.2) is 28.6 Å². The molecule has 1 atom stereocenters. The average Bonchev–Trinajstić information content (AvgIpc) is 3.09. The summed E-state index contributed by atoms with van der Waals surface area (Å²) in [5, 5.41) is 1.18. The van der Waals surface area contributed by atoms with E-state index in [4.69, 9.17) is 4.74 Å². The molecule has 0 aliphatic heterocycles. The quantitative estimate of drug-likeness (QED) is 0.783. The fourth-order valence-corrected chi connectivity index (χ4v) is 3.87. The Kier molecular flexibility index (Phi) is 4.44. The SMILES string of the molecule is CC(c1sc(C2CC2)nc1Br)N(C)C(=O)OC(C)(C)C. The standard InChI is InChI=1S/C14H21BrN2O2S/c1-8(17(5)13(18)19-14(2,3)4)10-11(15)16-12(20-10)9-6-7-9/h8-9H,6-7H2,1-5H3. The highest BCUT2D eigenvalue weighted by atomic mass is 79.9. The largest absolute Gasteiger partial charge is 0.444 e. The van der Waals surface area contributed by atoms with Gasteiger partial charge < -0.3 is 9.64 Å². The maximum Gasteiger partial charge on any atom is 0.410 e. The molecule has 1 aliphatic carbocycles. The Hall–Kier alpha value is -0.620. The van der Waals surface area contributed by atoms with Gasteiger partial charge in [0.15, 0.2) is 0 Å². The molecule has 6 heteroatoms. The Morgan fingerprint density at radius 2 is 2.10 bits per heavy atom. The molecule has 0 radical (unpaired) electrons. The van der Waals surface area contributed by atoms with E-state index < -0.39 is 5.60 Å². The molecule has 0 N–H and O–H groups in total. The van der Waals surface area contributed by atoms with Crippen LogP contribution >= 0.6 is 27.3 Å². The number of nitrogens with zero attached hydrogens (tertiary/aromatic N) is 2.